The Morgan fingerprint density at radius 2 is 1.71 bits per heavy atom. The molecule has 112 valence electrons. The summed E-state index contributed by atoms with van der Waals surface area (Å²) in [5.41, 5.74) is 0. The fourth-order valence-corrected chi connectivity index (χ4v) is 4.52. The molecular formula is C15H17ClN2O2S. The first-order valence-corrected chi connectivity index (χ1v) is 8.77. The molecule has 3 rings (SSSR count). The van der Waals surface area contributed by atoms with Crippen LogP contribution in [0, 0.1) is 0 Å². The van der Waals surface area contributed by atoms with Gasteiger partial charge in [-0.25, -0.2) is 8.42 Å². The van der Waals surface area contributed by atoms with Crippen LogP contribution in [-0.4, -0.2) is 30.4 Å². The Hall–Kier alpha value is -1.30. The van der Waals surface area contributed by atoms with Crippen molar-refractivity contribution in [2.75, 3.05) is 13.1 Å². The lowest BCUT2D eigenvalue weighted by molar-refractivity contribution is 0.274. The van der Waals surface area contributed by atoms with Crippen LogP contribution in [0.5, 0.6) is 0 Å². The van der Waals surface area contributed by atoms with Gasteiger partial charge in [-0.1, -0.05) is 17.7 Å². The van der Waals surface area contributed by atoms with Crippen LogP contribution in [0.2, 0.25) is 5.02 Å². The van der Waals surface area contributed by atoms with Crippen molar-refractivity contribution in [1.29, 1.82) is 0 Å². The molecule has 0 aliphatic carbocycles. The van der Waals surface area contributed by atoms with Crippen molar-refractivity contribution < 1.29 is 8.42 Å². The van der Waals surface area contributed by atoms with Crippen molar-refractivity contribution in [3.05, 3.63) is 53.8 Å². The number of benzene rings is 1. The Morgan fingerprint density at radius 3 is 2.33 bits per heavy atom. The van der Waals surface area contributed by atoms with Crippen LogP contribution in [0.25, 0.3) is 0 Å². The number of aromatic nitrogens is 1. The van der Waals surface area contributed by atoms with Gasteiger partial charge in [0, 0.05) is 36.5 Å². The molecule has 0 unspecified atom stereocenters. The summed E-state index contributed by atoms with van der Waals surface area (Å²) in [6.45, 7) is 1.08. The Balaban J connectivity index is 1.74. The predicted octanol–water partition coefficient (Wildman–Crippen LogP) is 3.17. The second-order valence-electron chi connectivity index (χ2n) is 5.22. The normalized spacial score (nSPS) is 18.0. The molecule has 1 aliphatic rings. The van der Waals surface area contributed by atoms with Gasteiger partial charge in [0.05, 0.1) is 4.90 Å². The van der Waals surface area contributed by atoms with Gasteiger partial charge in [-0.15, -0.1) is 0 Å². The molecule has 1 aliphatic heterocycles. The van der Waals surface area contributed by atoms with Crippen molar-refractivity contribution in [1.82, 2.24) is 8.87 Å². The number of hydrogen-bond donors (Lipinski definition) is 0. The summed E-state index contributed by atoms with van der Waals surface area (Å²) in [6, 6.07) is 10.8. The highest BCUT2D eigenvalue weighted by atomic mass is 35.5. The fraction of sp³-hybridized carbons (Fsp3) is 0.333. The van der Waals surface area contributed by atoms with Gasteiger partial charge in [0.15, 0.2) is 0 Å². The van der Waals surface area contributed by atoms with E-state index in [2.05, 4.69) is 4.57 Å². The lowest BCUT2D eigenvalue weighted by atomic mass is 10.1. The molecule has 0 atom stereocenters. The molecule has 4 nitrogen and oxygen atoms in total. The number of rotatable bonds is 3. The van der Waals surface area contributed by atoms with Crippen LogP contribution in [-0.2, 0) is 10.0 Å². The minimum absolute atomic E-state index is 0.273. The number of piperidine rings is 1. The highest BCUT2D eigenvalue weighted by Crippen LogP contribution is 2.27. The highest BCUT2D eigenvalue weighted by Gasteiger charge is 2.29. The molecule has 1 fully saturated rings. The first-order chi connectivity index (χ1) is 10.1. The smallest absolute Gasteiger partial charge is 0.243 e. The van der Waals surface area contributed by atoms with Crippen LogP contribution in [0.4, 0.5) is 0 Å². The van der Waals surface area contributed by atoms with E-state index in [1.807, 2.05) is 24.5 Å². The van der Waals surface area contributed by atoms with Gasteiger partial charge in [-0.2, -0.15) is 4.31 Å². The third-order valence-electron chi connectivity index (χ3n) is 3.91. The van der Waals surface area contributed by atoms with E-state index in [1.165, 1.54) is 6.07 Å². The maximum Gasteiger partial charge on any atom is 0.243 e. The Morgan fingerprint density at radius 1 is 1.05 bits per heavy atom. The monoisotopic (exact) mass is 324 g/mol. The highest BCUT2D eigenvalue weighted by molar-refractivity contribution is 7.89. The minimum atomic E-state index is -3.44. The SMILES string of the molecule is O=S(=O)(c1cccc(Cl)c1)N1CCC(n2cccc2)CC1. The van der Waals surface area contributed by atoms with Gasteiger partial charge in [0.1, 0.15) is 0 Å². The molecule has 2 aromatic rings. The first-order valence-electron chi connectivity index (χ1n) is 6.95. The van der Waals surface area contributed by atoms with Gasteiger partial charge in [-0.05, 0) is 43.2 Å². The predicted molar refractivity (Wildman–Crippen MR) is 82.9 cm³/mol. The molecule has 0 saturated carbocycles. The third-order valence-corrected chi connectivity index (χ3v) is 6.04. The molecule has 0 N–H and O–H groups in total. The van der Waals surface area contributed by atoms with Gasteiger partial charge in [0.25, 0.3) is 0 Å². The number of hydrogen-bond acceptors (Lipinski definition) is 2. The topological polar surface area (TPSA) is 42.3 Å². The summed E-state index contributed by atoms with van der Waals surface area (Å²) in [5, 5.41) is 0.443. The molecule has 21 heavy (non-hydrogen) atoms. The molecule has 1 saturated heterocycles. The second kappa shape index (κ2) is 5.83. The summed E-state index contributed by atoms with van der Waals surface area (Å²) in [6.07, 6.45) is 5.72. The van der Waals surface area contributed by atoms with E-state index in [0.29, 0.717) is 24.2 Å². The van der Waals surface area contributed by atoms with E-state index in [9.17, 15) is 8.42 Å². The van der Waals surface area contributed by atoms with Crippen molar-refractivity contribution in [2.24, 2.45) is 0 Å². The zero-order valence-corrected chi connectivity index (χ0v) is 13.1. The number of nitrogens with zero attached hydrogens (tertiary/aromatic N) is 2. The lowest BCUT2D eigenvalue weighted by Gasteiger charge is -2.32. The average molecular weight is 325 g/mol. The second-order valence-corrected chi connectivity index (χ2v) is 7.60. The van der Waals surface area contributed by atoms with Crippen molar-refractivity contribution in [3.63, 3.8) is 0 Å². The third kappa shape index (κ3) is 3.00. The zero-order chi connectivity index (χ0) is 14.9. The molecule has 6 heteroatoms. The van der Waals surface area contributed by atoms with Crippen molar-refractivity contribution in [2.45, 2.75) is 23.8 Å². The maximum absolute atomic E-state index is 12.6. The largest absolute Gasteiger partial charge is 0.351 e. The quantitative estimate of drug-likeness (QED) is 0.870. The van der Waals surface area contributed by atoms with E-state index < -0.39 is 10.0 Å². The molecular weight excluding hydrogens is 308 g/mol. The van der Waals surface area contributed by atoms with Crippen LogP contribution >= 0.6 is 11.6 Å². The summed E-state index contributed by atoms with van der Waals surface area (Å²) in [4.78, 5) is 0.273. The molecule has 2 heterocycles. The summed E-state index contributed by atoms with van der Waals surface area (Å²) < 4.78 is 28.9. The van der Waals surface area contributed by atoms with E-state index >= 15 is 0 Å². The Kier molecular flexibility index (Phi) is 4.06. The first kappa shape index (κ1) is 14.6. The standard InChI is InChI=1S/C15H17ClN2O2S/c16-13-4-3-5-15(12-13)21(19,20)18-10-6-14(7-11-18)17-8-1-2-9-17/h1-5,8-9,12,14H,6-7,10-11H2. The van der Waals surface area contributed by atoms with Crippen molar-refractivity contribution in [3.8, 4) is 0 Å². The van der Waals surface area contributed by atoms with Gasteiger partial charge < -0.3 is 4.57 Å². The summed E-state index contributed by atoms with van der Waals surface area (Å²) in [7, 11) is -3.44. The molecule has 1 aromatic heterocycles. The number of halogens is 1. The summed E-state index contributed by atoms with van der Waals surface area (Å²) in [5.74, 6) is 0. The Bertz CT molecular complexity index is 705. The summed E-state index contributed by atoms with van der Waals surface area (Å²) >= 11 is 5.89. The van der Waals surface area contributed by atoms with Crippen LogP contribution in [0.1, 0.15) is 18.9 Å². The van der Waals surface area contributed by atoms with E-state index in [1.54, 1.807) is 22.5 Å². The van der Waals surface area contributed by atoms with Crippen molar-refractivity contribution >= 4 is 21.6 Å². The van der Waals surface area contributed by atoms with Gasteiger partial charge in [0.2, 0.25) is 10.0 Å². The number of sulfonamides is 1. The molecule has 0 radical (unpaired) electrons. The van der Waals surface area contributed by atoms with E-state index in [4.69, 9.17) is 11.6 Å². The van der Waals surface area contributed by atoms with Crippen LogP contribution in [0.15, 0.2) is 53.7 Å². The van der Waals surface area contributed by atoms with Gasteiger partial charge in [-0.3, -0.25) is 0 Å². The average Bonchev–Trinajstić information content (AvgIpc) is 3.02. The lowest BCUT2D eigenvalue weighted by Crippen LogP contribution is -2.38. The van der Waals surface area contributed by atoms with Gasteiger partial charge >= 0.3 is 0 Å². The molecule has 0 spiro atoms. The fourth-order valence-electron chi connectivity index (χ4n) is 2.75. The zero-order valence-electron chi connectivity index (χ0n) is 11.5. The minimum Gasteiger partial charge on any atom is -0.351 e. The Labute approximate surface area is 130 Å². The molecule has 1 aromatic carbocycles. The van der Waals surface area contributed by atoms with Crippen LogP contribution < -0.4 is 0 Å². The molecule has 0 bridgehead atoms. The van der Waals surface area contributed by atoms with E-state index in [0.717, 1.165) is 12.8 Å². The maximum atomic E-state index is 12.6. The van der Waals surface area contributed by atoms with Crippen LogP contribution in [0.3, 0.4) is 0 Å². The van der Waals surface area contributed by atoms with E-state index in [-0.39, 0.29) is 4.90 Å². The molecule has 0 amide bonds.